The highest BCUT2D eigenvalue weighted by molar-refractivity contribution is 5.13. The Bertz CT molecular complexity index is 496. The van der Waals surface area contributed by atoms with Crippen LogP contribution < -0.4 is 0 Å². The average Bonchev–Trinajstić information content (AvgIpc) is 2.81. The number of ether oxygens (including phenoxy) is 1. The SMILES string of the molecule is COC1C[C@H]2[C@@H]3C(O)CC4CC(O)CC[C@]4(C)[C@@H]3CC[C@]2(C)C1O. The summed E-state index contributed by atoms with van der Waals surface area (Å²) in [5.41, 5.74) is 0.112. The highest BCUT2D eigenvalue weighted by Gasteiger charge is 2.64. The second-order valence-electron chi connectivity index (χ2n) is 9.72. The van der Waals surface area contributed by atoms with Crippen molar-refractivity contribution in [1.82, 2.24) is 0 Å². The van der Waals surface area contributed by atoms with E-state index in [9.17, 15) is 15.3 Å². The monoisotopic (exact) mass is 338 g/mol. The quantitative estimate of drug-likeness (QED) is 0.686. The van der Waals surface area contributed by atoms with Crippen LogP contribution in [0.5, 0.6) is 0 Å². The molecular formula is C20H34O4. The molecular weight excluding hydrogens is 304 g/mol. The molecule has 4 rings (SSSR count). The Kier molecular flexibility index (Phi) is 4.08. The smallest absolute Gasteiger partial charge is 0.0857 e. The standard InChI is InChI=1S/C20H34O4/c1-19-6-4-12(21)8-11(19)9-15(22)17-13(19)5-7-20(2)14(17)10-16(24-3)18(20)23/h11-18,21-23H,4-10H2,1-3H3/t11?,12?,13-,14+,15?,16?,17-,18?,19+,20+/m1/s1. The van der Waals surface area contributed by atoms with E-state index in [0.717, 1.165) is 44.9 Å². The van der Waals surface area contributed by atoms with E-state index in [2.05, 4.69) is 13.8 Å². The first-order valence-corrected chi connectivity index (χ1v) is 9.88. The molecule has 0 bridgehead atoms. The molecule has 0 saturated heterocycles. The Hall–Kier alpha value is -0.160. The Balaban J connectivity index is 1.67. The maximum atomic E-state index is 11.0. The van der Waals surface area contributed by atoms with Gasteiger partial charge in [0.15, 0.2) is 0 Å². The Labute approximate surface area is 145 Å². The molecule has 0 aliphatic heterocycles. The number of aliphatic hydroxyl groups excluding tert-OH is 3. The molecule has 24 heavy (non-hydrogen) atoms. The molecule has 4 heteroatoms. The topological polar surface area (TPSA) is 69.9 Å². The van der Waals surface area contributed by atoms with Gasteiger partial charge in [0, 0.05) is 7.11 Å². The van der Waals surface area contributed by atoms with E-state index in [0.29, 0.717) is 17.8 Å². The normalized spacial score (nSPS) is 60.2. The van der Waals surface area contributed by atoms with E-state index in [1.165, 1.54) is 0 Å². The van der Waals surface area contributed by atoms with Gasteiger partial charge in [-0.1, -0.05) is 13.8 Å². The molecule has 4 saturated carbocycles. The van der Waals surface area contributed by atoms with Gasteiger partial charge in [0.1, 0.15) is 0 Å². The molecule has 138 valence electrons. The van der Waals surface area contributed by atoms with Crippen molar-refractivity contribution >= 4 is 0 Å². The van der Waals surface area contributed by atoms with Gasteiger partial charge >= 0.3 is 0 Å². The second kappa shape index (κ2) is 5.67. The first kappa shape index (κ1) is 17.3. The predicted octanol–water partition coefficient (Wildman–Crippen LogP) is 2.35. The van der Waals surface area contributed by atoms with Gasteiger partial charge in [0.2, 0.25) is 0 Å². The second-order valence-corrected chi connectivity index (χ2v) is 9.72. The number of rotatable bonds is 1. The van der Waals surface area contributed by atoms with Crippen LogP contribution in [0, 0.1) is 34.5 Å². The molecule has 5 unspecified atom stereocenters. The largest absolute Gasteiger partial charge is 0.393 e. The number of aliphatic hydroxyl groups is 3. The van der Waals surface area contributed by atoms with Crippen molar-refractivity contribution < 1.29 is 20.1 Å². The van der Waals surface area contributed by atoms with Crippen LogP contribution in [0.4, 0.5) is 0 Å². The van der Waals surface area contributed by atoms with Crippen molar-refractivity contribution in [3.63, 3.8) is 0 Å². The molecule has 4 aliphatic rings. The average molecular weight is 338 g/mol. The minimum atomic E-state index is -0.417. The van der Waals surface area contributed by atoms with Crippen LogP contribution in [0.2, 0.25) is 0 Å². The molecule has 4 aliphatic carbocycles. The van der Waals surface area contributed by atoms with Crippen LogP contribution in [-0.4, -0.2) is 46.8 Å². The maximum Gasteiger partial charge on any atom is 0.0857 e. The summed E-state index contributed by atoms with van der Waals surface area (Å²) in [5, 5.41) is 32.0. The Morgan fingerprint density at radius 3 is 2.29 bits per heavy atom. The fraction of sp³-hybridized carbons (Fsp3) is 1.00. The molecule has 4 fully saturated rings. The number of hydrogen-bond donors (Lipinski definition) is 3. The summed E-state index contributed by atoms with van der Waals surface area (Å²) in [6.45, 7) is 4.62. The number of hydrogen-bond acceptors (Lipinski definition) is 4. The Morgan fingerprint density at radius 1 is 0.875 bits per heavy atom. The minimum Gasteiger partial charge on any atom is -0.393 e. The summed E-state index contributed by atoms with van der Waals surface area (Å²) in [6, 6.07) is 0. The van der Waals surface area contributed by atoms with Gasteiger partial charge in [-0.25, -0.2) is 0 Å². The molecule has 0 amide bonds. The van der Waals surface area contributed by atoms with Gasteiger partial charge in [-0.05, 0) is 79.4 Å². The zero-order valence-corrected chi connectivity index (χ0v) is 15.3. The molecule has 0 spiro atoms. The van der Waals surface area contributed by atoms with Crippen molar-refractivity contribution in [2.75, 3.05) is 7.11 Å². The van der Waals surface area contributed by atoms with Gasteiger partial charge in [0.05, 0.1) is 24.4 Å². The number of fused-ring (bicyclic) bond motifs is 5. The van der Waals surface area contributed by atoms with Gasteiger partial charge in [0.25, 0.3) is 0 Å². The molecule has 0 aromatic heterocycles. The van der Waals surface area contributed by atoms with E-state index >= 15 is 0 Å². The van der Waals surface area contributed by atoms with Crippen LogP contribution in [0.15, 0.2) is 0 Å². The first-order valence-electron chi connectivity index (χ1n) is 9.88. The summed E-state index contributed by atoms with van der Waals surface area (Å²) in [7, 11) is 1.70. The lowest BCUT2D eigenvalue weighted by atomic mass is 9.44. The van der Waals surface area contributed by atoms with Gasteiger partial charge < -0.3 is 20.1 Å². The lowest BCUT2D eigenvalue weighted by molar-refractivity contribution is -0.177. The molecule has 10 atom stereocenters. The molecule has 4 nitrogen and oxygen atoms in total. The van der Waals surface area contributed by atoms with Crippen molar-refractivity contribution in [3.8, 4) is 0 Å². The third-order valence-corrected chi connectivity index (χ3v) is 8.91. The molecule has 0 radical (unpaired) electrons. The van der Waals surface area contributed by atoms with E-state index in [1.54, 1.807) is 7.11 Å². The van der Waals surface area contributed by atoms with Crippen LogP contribution in [0.1, 0.15) is 58.8 Å². The van der Waals surface area contributed by atoms with Crippen LogP contribution in [0.25, 0.3) is 0 Å². The van der Waals surface area contributed by atoms with Crippen molar-refractivity contribution in [3.05, 3.63) is 0 Å². The van der Waals surface area contributed by atoms with Crippen LogP contribution in [-0.2, 0) is 4.74 Å². The molecule has 0 heterocycles. The first-order chi connectivity index (χ1) is 11.3. The fourth-order valence-electron chi connectivity index (χ4n) is 7.39. The predicted molar refractivity (Wildman–Crippen MR) is 91.3 cm³/mol. The summed E-state index contributed by atoms with van der Waals surface area (Å²) in [6.07, 6.45) is 5.63. The van der Waals surface area contributed by atoms with Crippen molar-refractivity contribution in [1.29, 1.82) is 0 Å². The lowest BCUT2D eigenvalue weighted by Gasteiger charge is -2.61. The van der Waals surface area contributed by atoms with E-state index in [1.807, 2.05) is 0 Å². The van der Waals surface area contributed by atoms with E-state index in [4.69, 9.17) is 4.74 Å². The van der Waals surface area contributed by atoms with E-state index < -0.39 is 6.10 Å². The van der Waals surface area contributed by atoms with Crippen LogP contribution >= 0.6 is 0 Å². The maximum absolute atomic E-state index is 11.0. The van der Waals surface area contributed by atoms with Crippen molar-refractivity contribution in [2.24, 2.45) is 34.5 Å². The fourth-order valence-corrected chi connectivity index (χ4v) is 7.39. The van der Waals surface area contributed by atoms with Gasteiger partial charge in [-0.2, -0.15) is 0 Å². The highest BCUT2D eigenvalue weighted by Crippen LogP contribution is 2.66. The Morgan fingerprint density at radius 2 is 1.58 bits per heavy atom. The molecule has 0 aromatic rings. The van der Waals surface area contributed by atoms with Crippen LogP contribution in [0.3, 0.4) is 0 Å². The third kappa shape index (κ3) is 2.19. The molecule has 0 aromatic carbocycles. The van der Waals surface area contributed by atoms with E-state index in [-0.39, 0.29) is 35.1 Å². The van der Waals surface area contributed by atoms with Gasteiger partial charge in [-0.3, -0.25) is 0 Å². The summed E-state index contributed by atoms with van der Waals surface area (Å²) in [5.74, 6) is 1.57. The number of methoxy groups -OCH3 is 1. The van der Waals surface area contributed by atoms with Crippen molar-refractivity contribution in [2.45, 2.75) is 83.2 Å². The zero-order valence-electron chi connectivity index (χ0n) is 15.3. The highest BCUT2D eigenvalue weighted by atomic mass is 16.5. The third-order valence-electron chi connectivity index (χ3n) is 8.91. The summed E-state index contributed by atoms with van der Waals surface area (Å²) >= 11 is 0. The lowest BCUT2D eigenvalue weighted by Crippen LogP contribution is -2.58. The molecule has 3 N–H and O–H groups in total. The minimum absolute atomic E-state index is 0.0929. The summed E-state index contributed by atoms with van der Waals surface area (Å²) < 4.78 is 5.58. The van der Waals surface area contributed by atoms with Gasteiger partial charge in [-0.15, -0.1) is 0 Å². The summed E-state index contributed by atoms with van der Waals surface area (Å²) in [4.78, 5) is 0. The zero-order chi connectivity index (χ0) is 17.3.